The highest BCUT2D eigenvalue weighted by atomic mass is 16.6. The Labute approximate surface area is 210 Å². The third kappa shape index (κ3) is 4.05. The second-order valence-electron chi connectivity index (χ2n) is 8.42. The molecule has 1 N–H and O–H groups in total. The first-order valence-electron chi connectivity index (χ1n) is 11.7. The first-order chi connectivity index (χ1) is 17.6. The van der Waals surface area contributed by atoms with Crippen LogP contribution in [0.5, 0.6) is 5.75 Å². The van der Waals surface area contributed by atoms with Crippen LogP contribution >= 0.6 is 0 Å². The zero-order valence-corrected chi connectivity index (χ0v) is 19.6. The smallest absolute Gasteiger partial charge is 0.412 e. The maximum Gasteiger partial charge on any atom is 0.412 e. The number of ether oxygens (including phenoxy) is 2. The van der Waals surface area contributed by atoms with Crippen molar-refractivity contribution in [2.24, 2.45) is 0 Å². The maximum absolute atomic E-state index is 12.2. The monoisotopic (exact) mass is 475 g/mol. The van der Waals surface area contributed by atoms with E-state index in [1.165, 1.54) is 27.8 Å². The molecule has 36 heavy (non-hydrogen) atoms. The van der Waals surface area contributed by atoms with Gasteiger partial charge in [-0.05, 0) is 45.5 Å². The lowest BCUT2D eigenvalue weighted by Gasteiger charge is -2.33. The number of carbonyl (C=O) groups excluding carboxylic acids is 2. The van der Waals surface area contributed by atoms with Crippen LogP contribution in [0, 0.1) is 0 Å². The molecule has 0 radical (unpaired) electrons. The summed E-state index contributed by atoms with van der Waals surface area (Å²) in [4.78, 5) is 23.3. The van der Waals surface area contributed by atoms with Crippen molar-refractivity contribution in [1.29, 1.82) is 0 Å². The van der Waals surface area contributed by atoms with Crippen LogP contribution in [0.4, 0.5) is 4.79 Å². The molecule has 1 amide bonds. The minimum Gasteiger partial charge on any atom is -0.461 e. The lowest BCUT2D eigenvalue weighted by Crippen LogP contribution is -2.30. The van der Waals surface area contributed by atoms with E-state index in [-0.39, 0.29) is 13.2 Å². The zero-order valence-electron chi connectivity index (χ0n) is 19.6. The number of hydrogen-bond acceptors (Lipinski definition) is 4. The van der Waals surface area contributed by atoms with E-state index in [1.54, 1.807) is 12.1 Å². The molecule has 5 rings (SSSR count). The lowest BCUT2D eigenvalue weighted by molar-refractivity contribution is -0.137. The number of amides is 1. The van der Waals surface area contributed by atoms with E-state index < -0.39 is 17.5 Å². The minimum absolute atomic E-state index is 0.0390. The van der Waals surface area contributed by atoms with Gasteiger partial charge in [0.1, 0.15) is 12.4 Å². The predicted molar refractivity (Wildman–Crippen MR) is 139 cm³/mol. The van der Waals surface area contributed by atoms with Crippen molar-refractivity contribution in [2.75, 3.05) is 13.2 Å². The van der Waals surface area contributed by atoms with Crippen molar-refractivity contribution >= 4 is 12.1 Å². The number of nitrogens with one attached hydrogen (secondary N) is 1. The molecule has 5 nitrogen and oxygen atoms in total. The third-order valence-electron chi connectivity index (χ3n) is 6.44. The number of carbonyl (C=O) groups is 2. The Bertz CT molecular complexity index is 1360. The van der Waals surface area contributed by atoms with Crippen LogP contribution in [0.3, 0.4) is 0 Å². The Morgan fingerprint density at radius 2 is 1.31 bits per heavy atom. The van der Waals surface area contributed by atoms with Crippen molar-refractivity contribution < 1.29 is 19.1 Å². The van der Waals surface area contributed by atoms with Crippen LogP contribution in [0.1, 0.15) is 22.3 Å². The summed E-state index contributed by atoms with van der Waals surface area (Å²) in [5.74, 6) is -0.120. The van der Waals surface area contributed by atoms with Gasteiger partial charge in [-0.15, -0.1) is 0 Å². The van der Waals surface area contributed by atoms with Crippen LogP contribution in [-0.4, -0.2) is 25.2 Å². The highest BCUT2D eigenvalue weighted by Gasteiger charge is 2.45. The standard InChI is InChI=1S/C31H25NO4/c1-2-29(33)35-21-20-32-30(34)36-24-18-16-23(17-19-24)31(22-10-4-3-5-11-22)27-14-8-6-12-25(27)26-13-7-9-15-28(26)31/h2-19H,1,20-21H2,(H,32,34). The highest BCUT2D eigenvalue weighted by Crippen LogP contribution is 2.55. The fourth-order valence-electron chi connectivity index (χ4n) is 4.99. The number of fused-ring (bicyclic) bond motifs is 3. The Morgan fingerprint density at radius 1 is 0.750 bits per heavy atom. The number of benzene rings is 4. The largest absolute Gasteiger partial charge is 0.461 e. The van der Waals surface area contributed by atoms with Gasteiger partial charge in [-0.2, -0.15) is 0 Å². The van der Waals surface area contributed by atoms with Gasteiger partial charge in [0.15, 0.2) is 0 Å². The summed E-state index contributed by atoms with van der Waals surface area (Å²) in [6, 6.07) is 35.2. The SMILES string of the molecule is C=CC(=O)OCCNC(=O)Oc1ccc(C2(c3ccccc3)c3ccccc3-c3ccccc32)cc1. The fourth-order valence-corrected chi connectivity index (χ4v) is 4.99. The van der Waals surface area contributed by atoms with E-state index in [0.29, 0.717) is 5.75 Å². The number of hydrogen-bond donors (Lipinski definition) is 1. The first-order valence-corrected chi connectivity index (χ1v) is 11.7. The summed E-state index contributed by atoms with van der Waals surface area (Å²) in [5.41, 5.74) is 6.63. The van der Waals surface area contributed by atoms with Crippen LogP contribution in [0.2, 0.25) is 0 Å². The molecule has 1 aliphatic carbocycles. The van der Waals surface area contributed by atoms with Crippen LogP contribution in [0.25, 0.3) is 11.1 Å². The normalized spacial score (nSPS) is 12.7. The lowest BCUT2D eigenvalue weighted by atomic mass is 9.68. The maximum atomic E-state index is 12.2. The Hall–Kier alpha value is -4.64. The van der Waals surface area contributed by atoms with Crippen molar-refractivity contribution in [1.82, 2.24) is 5.32 Å². The molecule has 0 aromatic heterocycles. The third-order valence-corrected chi connectivity index (χ3v) is 6.44. The molecule has 0 unspecified atom stereocenters. The zero-order chi connectivity index (χ0) is 25.0. The summed E-state index contributed by atoms with van der Waals surface area (Å²) in [6.07, 6.45) is 0.454. The van der Waals surface area contributed by atoms with Gasteiger partial charge in [-0.1, -0.05) is 97.6 Å². The topological polar surface area (TPSA) is 64.6 Å². The van der Waals surface area contributed by atoms with E-state index >= 15 is 0 Å². The van der Waals surface area contributed by atoms with E-state index in [1.807, 2.05) is 18.2 Å². The average Bonchev–Trinajstić information content (AvgIpc) is 3.23. The summed E-state index contributed by atoms with van der Waals surface area (Å²) >= 11 is 0. The van der Waals surface area contributed by atoms with Gasteiger partial charge < -0.3 is 14.8 Å². The van der Waals surface area contributed by atoms with Crippen LogP contribution in [-0.2, 0) is 14.9 Å². The molecule has 0 spiro atoms. The summed E-state index contributed by atoms with van der Waals surface area (Å²) in [6.45, 7) is 3.51. The summed E-state index contributed by atoms with van der Waals surface area (Å²) < 4.78 is 10.3. The molecule has 4 aromatic carbocycles. The van der Waals surface area contributed by atoms with Gasteiger partial charge in [-0.25, -0.2) is 9.59 Å². The molecule has 0 fully saturated rings. The fraction of sp³-hybridized carbons (Fsp3) is 0.0968. The van der Waals surface area contributed by atoms with E-state index in [9.17, 15) is 9.59 Å². The molecule has 0 bridgehead atoms. The molecule has 4 aromatic rings. The summed E-state index contributed by atoms with van der Waals surface area (Å²) in [7, 11) is 0. The van der Waals surface area contributed by atoms with Crippen LogP contribution in [0.15, 0.2) is 116 Å². The Balaban J connectivity index is 1.47. The number of esters is 1. The molecule has 0 saturated carbocycles. The molecule has 0 atom stereocenters. The van der Waals surface area contributed by atoms with Crippen LogP contribution < -0.4 is 10.1 Å². The van der Waals surface area contributed by atoms with Crippen molar-refractivity contribution in [3.05, 3.63) is 138 Å². The molecule has 0 saturated heterocycles. The van der Waals surface area contributed by atoms with E-state index in [4.69, 9.17) is 9.47 Å². The van der Waals surface area contributed by atoms with E-state index in [2.05, 4.69) is 84.7 Å². The number of rotatable bonds is 7. The van der Waals surface area contributed by atoms with Gasteiger partial charge in [0, 0.05) is 6.08 Å². The molecule has 178 valence electrons. The van der Waals surface area contributed by atoms with Crippen molar-refractivity contribution in [3.8, 4) is 16.9 Å². The second-order valence-corrected chi connectivity index (χ2v) is 8.42. The summed E-state index contributed by atoms with van der Waals surface area (Å²) in [5, 5.41) is 2.57. The molecule has 0 heterocycles. The van der Waals surface area contributed by atoms with Gasteiger partial charge in [0.05, 0.1) is 12.0 Å². The quantitative estimate of drug-likeness (QED) is 0.182. The highest BCUT2D eigenvalue weighted by molar-refractivity contribution is 5.86. The van der Waals surface area contributed by atoms with Gasteiger partial charge in [0.25, 0.3) is 0 Å². The molecular weight excluding hydrogens is 450 g/mol. The minimum atomic E-state index is -0.619. The molecule has 1 aliphatic rings. The Morgan fingerprint density at radius 3 is 1.92 bits per heavy atom. The second kappa shape index (κ2) is 9.92. The first kappa shape index (κ1) is 23.1. The molecule has 0 aliphatic heterocycles. The van der Waals surface area contributed by atoms with Gasteiger partial charge >= 0.3 is 12.1 Å². The molecular formula is C31H25NO4. The molecule has 5 heteroatoms. The van der Waals surface area contributed by atoms with Gasteiger partial charge in [-0.3, -0.25) is 0 Å². The Kier molecular flexibility index (Phi) is 6.37. The van der Waals surface area contributed by atoms with Gasteiger partial charge in [0.2, 0.25) is 0 Å². The predicted octanol–water partition coefficient (Wildman–Crippen LogP) is 5.87. The van der Waals surface area contributed by atoms with Crippen molar-refractivity contribution in [2.45, 2.75) is 5.41 Å². The van der Waals surface area contributed by atoms with Crippen molar-refractivity contribution in [3.63, 3.8) is 0 Å². The average molecular weight is 476 g/mol. The van der Waals surface area contributed by atoms with E-state index in [0.717, 1.165) is 11.6 Å².